The first-order chi connectivity index (χ1) is 14.4. The van der Waals surface area contributed by atoms with Crippen molar-refractivity contribution in [2.75, 3.05) is 31.5 Å². The lowest BCUT2D eigenvalue weighted by Crippen LogP contribution is -2.51. The molecule has 1 aliphatic heterocycles. The van der Waals surface area contributed by atoms with Crippen molar-refractivity contribution in [2.24, 2.45) is 0 Å². The molecule has 12 heteroatoms. The van der Waals surface area contributed by atoms with Gasteiger partial charge in [-0.3, -0.25) is 4.98 Å². The Kier molecular flexibility index (Phi) is 5.42. The quantitative estimate of drug-likeness (QED) is 0.654. The number of nitrogens with zero attached hydrogens (tertiary/aromatic N) is 7. The number of sulfonamides is 1. The van der Waals surface area contributed by atoms with Crippen LogP contribution in [-0.2, 0) is 10.0 Å². The first kappa shape index (κ1) is 19.9. The van der Waals surface area contributed by atoms with Crippen LogP contribution in [0.3, 0.4) is 0 Å². The van der Waals surface area contributed by atoms with Gasteiger partial charge in [-0.15, -0.1) is 5.10 Å². The van der Waals surface area contributed by atoms with Gasteiger partial charge in [-0.1, -0.05) is 6.07 Å². The van der Waals surface area contributed by atoms with Crippen LogP contribution in [0.5, 0.6) is 0 Å². The third-order valence-corrected chi connectivity index (χ3v) is 6.74. The van der Waals surface area contributed by atoms with Crippen molar-refractivity contribution in [1.29, 1.82) is 0 Å². The van der Waals surface area contributed by atoms with Crippen LogP contribution in [-0.4, -0.2) is 75.0 Å². The van der Waals surface area contributed by atoms with Gasteiger partial charge in [-0.25, -0.2) is 17.9 Å². The van der Waals surface area contributed by atoms with Gasteiger partial charge >= 0.3 is 6.03 Å². The predicted molar refractivity (Wildman–Crippen MR) is 107 cm³/mol. The van der Waals surface area contributed by atoms with E-state index < -0.39 is 10.0 Å². The number of carbonyl (C=O) groups is 1. The highest BCUT2D eigenvalue weighted by atomic mass is 32.2. The average Bonchev–Trinajstić information content (AvgIpc) is 3.30. The molecule has 0 atom stereocenters. The fraction of sp³-hybridized carbons (Fsp3) is 0.278. The lowest BCUT2D eigenvalue weighted by atomic mass is 10.2. The summed E-state index contributed by atoms with van der Waals surface area (Å²) >= 11 is 0. The van der Waals surface area contributed by atoms with Crippen LogP contribution in [0, 0.1) is 6.92 Å². The summed E-state index contributed by atoms with van der Waals surface area (Å²) in [5.74, 6) is 0. The number of pyridine rings is 1. The van der Waals surface area contributed by atoms with Gasteiger partial charge in [-0.2, -0.15) is 4.31 Å². The Labute approximate surface area is 173 Å². The zero-order valence-electron chi connectivity index (χ0n) is 16.2. The monoisotopic (exact) mass is 428 g/mol. The molecule has 0 aliphatic carbocycles. The number of urea groups is 1. The molecule has 2 amide bonds. The SMILES string of the molecule is Cc1ccc(NC(=O)N2CCN(S(=O)(=O)c3cccnc3)CC2)cc1-n1cnnn1. The third kappa shape index (κ3) is 4.00. The zero-order valence-corrected chi connectivity index (χ0v) is 17.0. The Hall–Kier alpha value is -3.38. The van der Waals surface area contributed by atoms with Crippen LogP contribution < -0.4 is 5.32 Å². The standard InChI is InChI=1S/C18H20N8O3S/c1-14-4-5-15(11-17(14)26-13-20-22-23-26)21-18(27)24-7-9-25(10-8-24)30(28,29)16-3-2-6-19-12-16/h2-6,11-13H,7-10H2,1H3,(H,21,27). The van der Waals surface area contributed by atoms with Crippen molar-refractivity contribution >= 4 is 21.7 Å². The molecule has 30 heavy (non-hydrogen) atoms. The second-order valence-electron chi connectivity index (χ2n) is 6.77. The van der Waals surface area contributed by atoms with Crippen molar-refractivity contribution in [3.63, 3.8) is 0 Å². The topological polar surface area (TPSA) is 126 Å². The molecule has 0 radical (unpaired) electrons. The van der Waals surface area contributed by atoms with Crippen molar-refractivity contribution in [3.05, 3.63) is 54.6 Å². The van der Waals surface area contributed by atoms with Gasteiger partial charge in [-0.05, 0) is 47.2 Å². The van der Waals surface area contributed by atoms with E-state index in [-0.39, 0.29) is 37.1 Å². The molecule has 3 heterocycles. The van der Waals surface area contributed by atoms with E-state index in [4.69, 9.17) is 0 Å². The van der Waals surface area contributed by atoms with E-state index in [9.17, 15) is 13.2 Å². The number of piperazine rings is 1. The van der Waals surface area contributed by atoms with Crippen molar-refractivity contribution < 1.29 is 13.2 Å². The maximum absolute atomic E-state index is 12.7. The van der Waals surface area contributed by atoms with Gasteiger partial charge in [0.2, 0.25) is 10.0 Å². The zero-order chi connectivity index (χ0) is 21.1. The Morgan fingerprint density at radius 2 is 1.93 bits per heavy atom. The molecule has 4 rings (SSSR count). The molecule has 11 nitrogen and oxygen atoms in total. The molecule has 2 aromatic heterocycles. The number of tetrazole rings is 1. The average molecular weight is 428 g/mol. The molecule has 0 bridgehead atoms. The number of amides is 2. The number of anilines is 1. The molecule has 1 N–H and O–H groups in total. The first-order valence-electron chi connectivity index (χ1n) is 9.25. The molecule has 0 saturated carbocycles. The summed E-state index contributed by atoms with van der Waals surface area (Å²) in [5.41, 5.74) is 2.31. The third-order valence-electron chi connectivity index (χ3n) is 4.85. The highest BCUT2D eigenvalue weighted by molar-refractivity contribution is 7.89. The van der Waals surface area contributed by atoms with Crippen LogP contribution in [0.25, 0.3) is 5.69 Å². The molecule has 3 aromatic rings. The van der Waals surface area contributed by atoms with E-state index in [1.165, 1.54) is 33.8 Å². The van der Waals surface area contributed by atoms with E-state index in [1.54, 1.807) is 23.1 Å². The van der Waals surface area contributed by atoms with Crippen LogP contribution in [0.4, 0.5) is 10.5 Å². The van der Waals surface area contributed by atoms with Gasteiger partial charge in [0.15, 0.2) is 0 Å². The van der Waals surface area contributed by atoms with E-state index in [0.29, 0.717) is 5.69 Å². The second-order valence-corrected chi connectivity index (χ2v) is 8.70. The number of carbonyl (C=O) groups excluding carboxylic acids is 1. The van der Waals surface area contributed by atoms with E-state index in [2.05, 4.69) is 25.8 Å². The number of hydrogen-bond acceptors (Lipinski definition) is 7. The maximum Gasteiger partial charge on any atom is 0.321 e. The van der Waals surface area contributed by atoms with Gasteiger partial charge in [0.25, 0.3) is 0 Å². The molecule has 1 saturated heterocycles. The van der Waals surface area contributed by atoms with Crippen LogP contribution in [0.15, 0.2) is 53.9 Å². The normalized spacial score (nSPS) is 15.2. The molecular weight excluding hydrogens is 408 g/mol. The second kappa shape index (κ2) is 8.16. The largest absolute Gasteiger partial charge is 0.322 e. The van der Waals surface area contributed by atoms with Crippen molar-refractivity contribution in [1.82, 2.24) is 34.4 Å². The van der Waals surface area contributed by atoms with Crippen LogP contribution in [0.1, 0.15) is 5.56 Å². The summed E-state index contributed by atoms with van der Waals surface area (Å²) < 4.78 is 28.3. The highest BCUT2D eigenvalue weighted by Crippen LogP contribution is 2.20. The Bertz CT molecular complexity index is 1130. The van der Waals surface area contributed by atoms with Gasteiger partial charge in [0.05, 0.1) is 5.69 Å². The lowest BCUT2D eigenvalue weighted by Gasteiger charge is -2.33. The smallest absolute Gasteiger partial charge is 0.321 e. The molecule has 0 spiro atoms. The summed E-state index contributed by atoms with van der Waals surface area (Å²) in [6.07, 6.45) is 4.33. The molecular formula is C18H20N8O3S. The van der Waals surface area contributed by atoms with Crippen LogP contribution >= 0.6 is 0 Å². The van der Waals surface area contributed by atoms with Gasteiger partial charge < -0.3 is 10.2 Å². The number of aromatic nitrogens is 5. The number of aryl methyl sites for hydroxylation is 1. The summed E-state index contributed by atoms with van der Waals surface area (Å²) in [6, 6.07) is 8.25. The van der Waals surface area contributed by atoms with E-state index in [0.717, 1.165) is 11.3 Å². The van der Waals surface area contributed by atoms with Crippen molar-refractivity contribution in [3.8, 4) is 5.69 Å². The van der Waals surface area contributed by atoms with E-state index in [1.807, 2.05) is 13.0 Å². The number of hydrogen-bond donors (Lipinski definition) is 1. The molecule has 1 aliphatic rings. The minimum atomic E-state index is -3.61. The number of rotatable bonds is 4. The number of benzene rings is 1. The van der Waals surface area contributed by atoms with Gasteiger partial charge in [0, 0.05) is 44.3 Å². The fourth-order valence-electron chi connectivity index (χ4n) is 3.19. The van der Waals surface area contributed by atoms with Gasteiger partial charge in [0.1, 0.15) is 11.2 Å². The molecule has 1 fully saturated rings. The number of nitrogens with one attached hydrogen (secondary N) is 1. The Morgan fingerprint density at radius 3 is 2.60 bits per heavy atom. The van der Waals surface area contributed by atoms with E-state index >= 15 is 0 Å². The Morgan fingerprint density at radius 1 is 1.13 bits per heavy atom. The molecule has 1 aromatic carbocycles. The Balaban J connectivity index is 1.40. The van der Waals surface area contributed by atoms with Crippen molar-refractivity contribution in [2.45, 2.75) is 11.8 Å². The first-order valence-corrected chi connectivity index (χ1v) is 10.7. The minimum Gasteiger partial charge on any atom is -0.322 e. The highest BCUT2D eigenvalue weighted by Gasteiger charge is 2.30. The summed E-state index contributed by atoms with van der Waals surface area (Å²) in [5, 5.41) is 14.0. The van der Waals surface area contributed by atoms with Crippen LogP contribution in [0.2, 0.25) is 0 Å². The molecule has 0 unspecified atom stereocenters. The fourth-order valence-corrected chi connectivity index (χ4v) is 4.58. The summed E-state index contributed by atoms with van der Waals surface area (Å²) in [7, 11) is -3.61. The summed E-state index contributed by atoms with van der Waals surface area (Å²) in [6.45, 7) is 2.93. The summed E-state index contributed by atoms with van der Waals surface area (Å²) in [4.78, 5) is 18.3. The maximum atomic E-state index is 12.7. The lowest BCUT2D eigenvalue weighted by molar-refractivity contribution is 0.184. The molecule has 156 valence electrons. The minimum absolute atomic E-state index is 0.151. The predicted octanol–water partition coefficient (Wildman–Crippen LogP) is 0.904.